The van der Waals surface area contributed by atoms with Gasteiger partial charge in [0.25, 0.3) is 0 Å². The molecule has 0 saturated carbocycles. The number of anilines is 1. The number of hydrogen-bond acceptors (Lipinski definition) is 2. The van der Waals surface area contributed by atoms with E-state index in [4.69, 9.17) is 15.6 Å². The molecule has 0 fully saturated rings. The number of benzene rings is 1. The standard InChI is InChI=1S/C6H7N.C2H2F2O2/c7-6-4-2-1-3-5-6;3-1(4)2(5)6/h1-5H,7H2;1H,(H,5,6). The number of alkyl halides is 2. The quantitative estimate of drug-likeness (QED) is 0.659. The van der Waals surface area contributed by atoms with E-state index in [0.29, 0.717) is 0 Å². The van der Waals surface area contributed by atoms with Crippen molar-refractivity contribution in [2.45, 2.75) is 6.43 Å². The van der Waals surface area contributed by atoms with E-state index in [1.54, 1.807) is 0 Å². The maximum Gasteiger partial charge on any atom is 0.371 e. The predicted octanol–water partition coefficient (Wildman–Crippen LogP) is 1.60. The van der Waals surface area contributed by atoms with Crippen LogP contribution in [0.2, 0.25) is 0 Å². The number of carbonyl (C=O) groups is 1. The van der Waals surface area contributed by atoms with Gasteiger partial charge >= 0.3 is 12.4 Å². The van der Waals surface area contributed by atoms with Crippen LogP contribution in [0.25, 0.3) is 0 Å². The highest BCUT2D eigenvalue weighted by Crippen LogP contribution is 1.95. The Balaban J connectivity index is 0.000000226. The van der Waals surface area contributed by atoms with Gasteiger partial charge < -0.3 is 10.8 Å². The molecule has 0 aromatic heterocycles. The van der Waals surface area contributed by atoms with E-state index >= 15 is 0 Å². The van der Waals surface area contributed by atoms with Gasteiger partial charge in [-0.05, 0) is 12.1 Å². The summed E-state index contributed by atoms with van der Waals surface area (Å²) >= 11 is 0. The lowest BCUT2D eigenvalue weighted by Gasteiger charge is -1.83. The molecule has 0 atom stereocenters. The maximum absolute atomic E-state index is 10.6. The first-order chi connectivity index (χ1) is 6.04. The summed E-state index contributed by atoms with van der Waals surface area (Å²) in [6, 6.07) is 9.49. The summed E-state index contributed by atoms with van der Waals surface area (Å²) in [6.07, 6.45) is -3.23. The molecule has 0 saturated heterocycles. The van der Waals surface area contributed by atoms with Gasteiger partial charge in [-0.3, -0.25) is 0 Å². The molecule has 0 unspecified atom stereocenters. The fourth-order valence-electron chi connectivity index (χ4n) is 0.453. The van der Waals surface area contributed by atoms with E-state index in [2.05, 4.69) is 0 Å². The van der Waals surface area contributed by atoms with Gasteiger partial charge in [0, 0.05) is 5.69 Å². The highest BCUT2D eigenvalue weighted by atomic mass is 19.3. The van der Waals surface area contributed by atoms with Crippen molar-refractivity contribution in [3.8, 4) is 0 Å². The predicted molar refractivity (Wildman–Crippen MR) is 44.5 cm³/mol. The minimum Gasteiger partial charge on any atom is -0.477 e. The van der Waals surface area contributed by atoms with Gasteiger partial charge in [0.05, 0.1) is 0 Å². The minimum absolute atomic E-state index is 0.822. The molecule has 0 amide bonds. The Labute approximate surface area is 73.8 Å². The summed E-state index contributed by atoms with van der Waals surface area (Å²) in [5, 5.41) is 7.24. The molecule has 1 rings (SSSR count). The van der Waals surface area contributed by atoms with E-state index < -0.39 is 12.4 Å². The summed E-state index contributed by atoms with van der Waals surface area (Å²) in [7, 11) is 0. The van der Waals surface area contributed by atoms with Crippen LogP contribution in [0.15, 0.2) is 30.3 Å². The normalized spacial score (nSPS) is 8.85. The third-order valence-corrected chi connectivity index (χ3v) is 0.986. The Hall–Kier alpha value is -1.65. The van der Waals surface area contributed by atoms with Crippen molar-refractivity contribution in [2.75, 3.05) is 5.73 Å². The van der Waals surface area contributed by atoms with Crippen LogP contribution in [0.4, 0.5) is 14.5 Å². The van der Waals surface area contributed by atoms with E-state index in [9.17, 15) is 8.78 Å². The van der Waals surface area contributed by atoms with E-state index in [-0.39, 0.29) is 0 Å². The van der Waals surface area contributed by atoms with Gasteiger partial charge in [-0.25, -0.2) is 4.79 Å². The highest BCUT2D eigenvalue weighted by Gasteiger charge is 2.10. The number of carboxylic acids is 1. The molecule has 0 aliphatic rings. The zero-order chi connectivity index (χ0) is 10.3. The van der Waals surface area contributed by atoms with Crippen LogP contribution in [0, 0.1) is 0 Å². The zero-order valence-corrected chi connectivity index (χ0v) is 6.65. The van der Waals surface area contributed by atoms with Crippen LogP contribution < -0.4 is 5.73 Å². The van der Waals surface area contributed by atoms with Crippen molar-refractivity contribution in [1.29, 1.82) is 0 Å². The summed E-state index contributed by atoms with van der Waals surface area (Å²) < 4.78 is 21.1. The maximum atomic E-state index is 10.6. The summed E-state index contributed by atoms with van der Waals surface area (Å²) in [6.45, 7) is 0. The van der Waals surface area contributed by atoms with Crippen LogP contribution in [0.3, 0.4) is 0 Å². The molecule has 1 aromatic rings. The molecule has 0 aliphatic heterocycles. The Morgan fingerprint density at radius 2 is 1.69 bits per heavy atom. The molecule has 13 heavy (non-hydrogen) atoms. The molecule has 3 nitrogen and oxygen atoms in total. The lowest BCUT2D eigenvalue weighted by atomic mass is 10.3. The first-order valence-electron chi connectivity index (χ1n) is 3.35. The topological polar surface area (TPSA) is 63.3 Å². The fourth-order valence-corrected chi connectivity index (χ4v) is 0.453. The average molecular weight is 189 g/mol. The summed E-state index contributed by atoms with van der Waals surface area (Å²) in [4.78, 5) is 8.95. The number of halogens is 2. The molecule has 72 valence electrons. The van der Waals surface area contributed by atoms with Crippen molar-refractivity contribution in [3.05, 3.63) is 30.3 Å². The van der Waals surface area contributed by atoms with Gasteiger partial charge in [-0.15, -0.1) is 0 Å². The number of carboxylic acid groups (broad SMARTS) is 1. The first kappa shape index (κ1) is 11.4. The van der Waals surface area contributed by atoms with E-state index in [1.165, 1.54) is 0 Å². The first-order valence-corrected chi connectivity index (χ1v) is 3.35. The molecule has 0 aliphatic carbocycles. The summed E-state index contributed by atoms with van der Waals surface area (Å²) in [5.74, 6) is -2.07. The molecule has 0 heterocycles. The molecular weight excluding hydrogens is 180 g/mol. The van der Waals surface area contributed by atoms with Crippen LogP contribution in [0.5, 0.6) is 0 Å². The Bertz CT molecular complexity index is 252. The third-order valence-electron chi connectivity index (χ3n) is 0.986. The summed E-state index contributed by atoms with van der Waals surface area (Å²) in [5.41, 5.74) is 6.18. The van der Waals surface area contributed by atoms with Gasteiger partial charge in [0.2, 0.25) is 0 Å². The molecule has 0 spiro atoms. The van der Waals surface area contributed by atoms with Crippen molar-refractivity contribution >= 4 is 11.7 Å². The number of para-hydroxylation sites is 1. The van der Waals surface area contributed by atoms with Crippen molar-refractivity contribution < 1.29 is 18.7 Å². The van der Waals surface area contributed by atoms with Crippen LogP contribution in [0.1, 0.15) is 0 Å². The Morgan fingerprint density at radius 3 is 1.85 bits per heavy atom. The largest absolute Gasteiger partial charge is 0.477 e. The SMILES string of the molecule is Nc1ccccc1.O=C(O)C(F)F. The number of hydrogen-bond donors (Lipinski definition) is 2. The fraction of sp³-hybridized carbons (Fsp3) is 0.125. The second kappa shape index (κ2) is 5.93. The van der Waals surface area contributed by atoms with Crippen molar-refractivity contribution in [1.82, 2.24) is 0 Å². The Kier molecular flexibility index (Phi) is 5.18. The molecule has 0 radical (unpaired) electrons. The van der Waals surface area contributed by atoms with Gasteiger partial charge in [0.1, 0.15) is 0 Å². The van der Waals surface area contributed by atoms with Crippen LogP contribution >= 0.6 is 0 Å². The molecule has 0 bridgehead atoms. The van der Waals surface area contributed by atoms with Gasteiger partial charge in [0.15, 0.2) is 0 Å². The molecule has 1 aromatic carbocycles. The van der Waals surface area contributed by atoms with Gasteiger partial charge in [-0.1, -0.05) is 18.2 Å². The lowest BCUT2D eigenvalue weighted by molar-refractivity contribution is -0.149. The second-order valence-electron chi connectivity index (χ2n) is 2.05. The molecular formula is C8H9F2NO2. The minimum atomic E-state index is -3.23. The monoisotopic (exact) mass is 189 g/mol. The van der Waals surface area contributed by atoms with Gasteiger partial charge in [-0.2, -0.15) is 8.78 Å². The van der Waals surface area contributed by atoms with Crippen LogP contribution in [-0.2, 0) is 4.79 Å². The van der Waals surface area contributed by atoms with E-state index in [1.807, 2.05) is 30.3 Å². The van der Waals surface area contributed by atoms with Crippen molar-refractivity contribution in [2.24, 2.45) is 0 Å². The number of rotatable bonds is 1. The zero-order valence-electron chi connectivity index (χ0n) is 6.65. The highest BCUT2D eigenvalue weighted by molar-refractivity contribution is 5.70. The number of nitrogen functional groups attached to an aromatic ring is 1. The average Bonchev–Trinajstić information content (AvgIpc) is 2.06. The van der Waals surface area contributed by atoms with Crippen molar-refractivity contribution in [3.63, 3.8) is 0 Å². The molecule has 3 N–H and O–H groups in total. The number of nitrogens with two attached hydrogens (primary N) is 1. The second-order valence-corrected chi connectivity index (χ2v) is 2.05. The Morgan fingerprint density at radius 1 is 1.31 bits per heavy atom. The molecule has 5 heteroatoms. The van der Waals surface area contributed by atoms with Crippen LogP contribution in [-0.4, -0.2) is 17.5 Å². The lowest BCUT2D eigenvalue weighted by Crippen LogP contribution is -2.06. The smallest absolute Gasteiger partial charge is 0.371 e. The van der Waals surface area contributed by atoms with E-state index in [0.717, 1.165) is 5.69 Å². The number of aliphatic carboxylic acids is 1. The third kappa shape index (κ3) is 6.74.